The zero-order valence-electron chi connectivity index (χ0n) is 18.9. The van der Waals surface area contributed by atoms with Gasteiger partial charge in [-0.05, 0) is 51.5 Å². The van der Waals surface area contributed by atoms with Crippen LogP contribution in [0.2, 0.25) is 0 Å². The molecule has 2 aliphatic heterocycles. The van der Waals surface area contributed by atoms with Crippen molar-refractivity contribution in [2.75, 3.05) is 19.6 Å². The van der Waals surface area contributed by atoms with Crippen molar-refractivity contribution in [1.29, 1.82) is 0 Å². The highest BCUT2D eigenvalue weighted by molar-refractivity contribution is 5.74. The number of ether oxygens (including phenoxy) is 2. The number of alkyl halides is 2. The number of amides is 1. The molecule has 3 aliphatic rings. The number of likely N-dealkylation sites (tertiary alicyclic amines) is 2. The maximum atomic E-state index is 14.9. The Morgan fingerprint density at radius 2 is 1.84 bits per heavy atom. The first-order valence-corrected chi connectivity index (χ1v) is 11.4. The first kappa shape index (κ1) is 23.0. The summed E-state index contributed by atoms with van der Waals surface area (Å²) in [6.07, 6.45) is 1.34. The Labute approximate surface area is 187 Å². The Hall–Kier alpha value is -2.22. The van der Waals surface area contributed by atoms with Crippen LogP contribution in [0.1, 0.15) is 45.6 Å². The highest BCUT2D eigenvalue weighted by Crippen LogP contribution is 2.44. The number of carbonyl (C=O) groups is 2. The largest absolute Gasteiger partial charge is 0.461 e. The van der Waals surface area contributed by atoms with Gasteiger partial charge >= 0.3 is 12.1 Å². The number of hydrogen-bond acceptors (Lipinski definition) is 5. The lowest BCUT2D eigenvalue weighted by atomic mass is 9.73. The summed E-state index contributed by atoms with van der Waals surface area (Å²) < 4.78 is 40.7. The van der Waals surface area contributed by atoms with Crippen LogP contribution in [0.15, 0.2) is 30.3 Å². The lowest BCUT2D eigenvalue weighted by Crippen LogP contribution is -2.50. The van der Waals surface area contributed by atoms with E-state index in [0.717, 1.165) is 18.4 Å². The fraction of sp³-hybridized carbons (Fsp3) is 0.667. The molecule has 176 valence electrons. The number of halogens is 2. The van der Waals surface area contributed by atoms with Gasteiger partial charge in [0.15, 0.2) is 0 Å². The monoisotopic (exact) mass is 450 g/mol. The van der Waals surface area contributed by atoms with E-state index in [1.165, 1.54) is 4.90 Å². The topological polar surface area (TPSA) is 59.1 Å². The van der Waals surface area contributed by atoms with Crippen LogP contribution >= 0.6 is 0 Å². The molecule has 4 rings (SSSR count). The number of fused-ring (bicyclic) bond motifs is 1. The fourth-order valence-corrected chi connectivity index (χ4v) is 5.11. The summed E-state index contributed by atoms with van der Waals surface area (Å²) in [4.78, 5) is 28.0. The van der Waals surface area contributed by atoms with Crippen LogP contribution < -0.4 is 0 Å². The third-order valence-electron chi connectivity index (χ3n) is 6.73. The third kappa shape index (κ3) is 4.75. The van der Waals surface area contributed by atoms with Crippen molar-refractivity contribution in [3.8, 4) is 0 Å². The van der Waals surface area contributed by atoms with Crippen molar-refractivity contribution in [2.24, 2.45) is 11.8 Å². The van der Waals surface area contributed by atoms with Gasteiger partial charge in [-0.1, -0.05) is 30.3 Å². The maximum absolute atomic E-state index is 14.9. The molecule has 32 heavy (non-hydrogen) atoms. The van der Waals surface area contributed by atoms with Crippen molar-refractivity contribution >= 4 is 12.1 Å². The normalized spacial score (nSPS) is 29.3. The minimum Gasteiger partial charge on any atom is -0.461 e. The maximum Gasteiger partial charge on any atom is 0.410 e. The Kier molecular flexibility index (Phi) is 6.18. The highest BCUT2D eigenvalue weighted by atomic mass is 19.3. The molecule has 6 nitrogen and oxygen atoms in total. The number of carbonyl (C=O) groups excluding carboxylic acids is 2. The van der Waals surface area contributed by atoms with E-state index < -0.39 is 36.2 Å². The van der Waals surface area contributed by atoms with E-state index in [4.69, 9.17) is 9.47 Å². The van der Waals surface area contributed by atoms with Gasteiger partial charge in [-0.2, -0.15) is 0 Å². The van der Waals surface area contributed by atoms with Crippen LogP contribution in [0.5, 0.6) is 0 Å². The van der Waals surface area contributed by atoms with Crippen LogP contribution in [0.25, 0.3) is 0 Å². The summed E-state index contributed by atoms with van der Waals surface area (Å²) in [5.41, 5.74) is 0.189. The van der Waals surface area contributed by atoms with Crippen molar-refractivity contribution in [3.05, 3.63) is 35.9 Å². The van der Waals surface area contributed by atoms with Crippen LogP contribution in [-0.2, 0) is 20.9 Å². The first-order chi connectivity index (χ1) is 15.0. The number of nitrogens with zero attached hydrogens (tertiary/aromatic N) is 2. The third-order valence-corrected chi connectivity index (χ3v) is 6.73. The quantitative estimate of drug-likeness (QED) is 0.633. The fourth-order valence-electron chi connectivity index (χ4n) is 5.11. The molecular formula is C24H32F2N2O4. The van der Waals surface area contributed by atoms with Crippen molar-refractivity contribution in [3.63, 3.8) is 0 Å². The molecule has 1 saturated carbocycles. The zero-order valence-corrected chi connectivity index (χ0v) is 18.9. The van der Waals surface area contributed by atoms with Crippen molar-refractivity contribution < 1.29 is 27.8 Å². The molecule has 2 heterocycles. The lowest BCUT2D eigenvalue weighted by Gasteiger charge is -2.39. The molecule has 1 aliphatic carbocycles. The molecule has 2 saturated heterocycles. The van der Waals surface area contributed by atoms with Gasteiger partial charge in [0.1, 0.15) is 12.2 Å². The summed E-state index contributed by atoms with van der Waals surface area (Å²) in [7, 11) is 0. The number of rotatable bonds is 5. The van der Waals surface area contributed by atoms with Crippen molar-refractivity contribution in [1.82, 2.24) is 9.80 Å². The van der Waals surface area contributed by atoms with Gasteiger partial charge in [-0.25, -0.2) is 13.6 Å². The molecule has 0 bridgehead atoms. The summed E-state index contributed by atoms with van der Waals surface area (Å²) in [6.45, 7) is 5.68. The first-order valence-electron chi connectivity index (χ1n) is 11.4. The Morgan fingerprint density at radius 1 is 1.12 bits per heavy atom. The average Bonchev–Trinajstić information content (AvgIpc) is 3.22. The number of esters is 1. The van der Waals surface area contributed by atoms with Gasteiger partial charge in [0.25, 0.3) is 5.92 Å². The minimum atomic E-state index is -3.01. The van der Waals surface area contributed by atoms with Gasteiger partial charge in [0, 0.05) is 13.1 Å². The summed E-state index contributed by atoms with van der Waals surface area (Å²) >= 11 is 0. The molecule has 1 aromatic carbocycles. The standard InChI is InChI=1S/C24H32F2N2O4/c1-23(2,3)32-22(30)28-15-24(25,26)20-19(28)11-12-27(20)13-17-9-10-18(17)21(29)31-14-16-7-5-4-6-8-16/h4-8,17-20H,9-15H2,1-3H3/t17?,18?,19-,20+/m0/s1. The highest BCUT2D eigenvalue weighted by Gasteiger charge is 2.61. The number of benzene rings is 1. The molecular weight excluding hydrogens is 418 g/mol. The van der Waals surface area contributed by atoms with Gasteiger partial charge in [-0.15, -0.1) is 0 Å². The Bertz CT molecular complexity index is 842. The molecule has 0 aromatic heterocycles. The SMILES string of the molecule is CC(C)(C)OC(=O)N1CC(F)(F)[C@H]2[C@@H]1CCN2CC1CCC1C(=O)OCc1ccccc1. The van der Waals surface area contributed by atoms with E-state index in [1.54, 1.807) is 25.7 Å². The minimum absolute atomic E-state index is 0.00315. The lowest BCUT2D eigenvalue weighted by molar-refractivity contribution is -0.157. The molecule has 1 aromatic rings. The van der Waals surface area contributed by atoms with Gasteiger partial charge in [-0.3, -0.25) is 14.6 Å². The van der Waals surface area contributed by atoms with Crippen LogP contribution in [0.4, 0.5) is 13.6 Å². The van der Waals surface area contributed by atoms with E-state index in [1.807, 2.05) is 30.3 Å². The van der Waals surface area contributed by atoms with Crippen LogP contribution in [-0.4, -0.2) is 65.1 Å². The molecule has 8 heteroatoms. The zero-order chi connectivity index (χ0) is 23.1. The van der Waals surface area contributed by atoms with E-state index >= 15 is 0 Å². The second kappa shape index (κ2) is 8.61. The molecule has 1 amide bonds. The average molecular weight is 451 g/mol. The molecule has 4 atom stereocenters. The van der Waals surface area contributed by atoms with E-state index in [2.05, 4.69) is 0 Å². The molecule has 0 spiro atoms. The van der Waals surface area contributed by atoms with Gasteiger partial charge in [0.05, 0.1) is 24.5 Å². The molecule has 2 unspecified atom stereocenters. The second-order valence-corrected chi connectivity index (χ2v) is 10.2. The summed E-state index contributed by atoms with van der Waals surface area (Å²) in [6, 6.07) is 7.88. The van der Waals surface area contributed by atoms with Crippen molar-refractivity contribution in [2.45, 2.75) is 70.2 Å². The van der Waals surface area contributed by atoms with E-state index in [9.17, 15) is 18.4 Å². The van der Waals surface area contributed by atoms with Gasteiger partial charge < -0.3 is 9.47 Å². The predicted molar refractivity (Wildman–Crippen MR) is 114 cm³/mol. The summed E-state index contributed by atoms with van der Waals surface area (Å²) in [5, 5.41) is 0. The van der Waals surface area contributed by atoms with Gasteiger partial charge in [0.2, 0.25) is 0 Å². The predicted octanol–water partition coefficient (Wildman–Crippen LogP) is 4.08. The molecule has 0 N–H and O–H groups in total. The Balaban J connectivity index is 1.35. The second-order valence-electron chi connectivity index (χ2n) is 10.2. The van der Waals surface area contributed by atoms with Crippen LogP contribution in [0, 0.1) is 11.8 Å². The van der Waals surface area contributed by atoms with E-state index in [0.29, 0.717) is 19.5 Å². The molecule has 3 fully saturated rings. The smallest absolute Gasteiger partial charge is 0.410 e. The Morgan fingerprint density at radius 3 is 2.47 bits per heavy atom. The molecule has 0 radical (unpaired) electrons. The summed E-state index contributed by atoms with van der Waals surface area (Å²) in [5.74, 6) is -3.52. The van der Waals surface area contributed by atoms with E-state index in [-0.39, 0.29) is 24.4 Å². The van der Waals surface area contributed by atoms with Crippen LogP contribution in [0.3, 0.4) is 0 Å². The number of hydrogen-bond donors (Lipinski definition) is 0.